The van der Waals surface area contributed by atoms with Gasteiger partial charge in [0.25, 0.3) is 5.91 Å². The molecule has 39 heavy (non-hydrogen) atoms. The van der Waals surface area contributed by atoms with Crippen molar-refractivity contribution < 1.29 is 29.0 Å². The monoisotopic (exact) mass is 541 g/mol. The summed E-state index contributed by atoms with van der Waals surface area (Å²) in [6.45, 7) is 10.6. The standard InChI is InChI=1S/C30H43N3O6/c1-8-9-10-15-33(28(36)25(19-34)32-29(37)39-30(4,5)6)26(22-17-20(2)16-21(3)18-22)27(35)31-23-11-13-24(38-7)14-12-23/h11-14,16-18,25-26,34H,8-10,15,19H2,1-7H3,(H,31,35)(H,32,37). The van der Waals surface area contributed by atoms with E-state index in [0.29, 0.717) is 23.4 Å². The largest absolute Gasteiger partial charge is 0.497 e. The molecule has 0 aliphatic carbocycles. The highest BCUT2D eigenvalue weighted by Gasteiger charge is 2.36. The summed E-state index contributed by atoms with van der Waals surface area (Å²) in [7, 11) is 1.56. The third-order valence-electron chi connectivity index (χ3n) is 5.93. The van der Waals surface area contributed by atoms with Gasteiger partial charge in [0.2, 0.25) is 5.91 Å². The van der Waals surface area contributed by atoms with Gasteiger partial charge in [-0.2, -0.15) is 0 Å². The average Bonchev–Trinajstić information content (AvgIpc) is 2.85. The summed E-state index contributed by atoms with van der Waals surface area (Å²) in [6.07, 6.45) is 1.57. The number of methoxy groups -OCH3 is 1. The van der Waals surface area contributed by atoms with E-state index in [0.717, 1.165) is 24.0 Å². The van der Waals surface area contributed by atoms with Gasteiger partial charge in [0.05, 0.1) is 13.7 Å². The number of benzene rings is 2. The van der Waals surface area contributed by atoms with Crippen LogP contribution >= 0.6 is 0 Å². The Morgan fingerprint density at radius 1 is 1.00 bits per heavy atom. The Balaban J connectivity index is 2.51. The number of rotatable bonds is 12. The first-order valence-corrected chi connectivity index (χ1v) is 13.3. The van der Waals surface area contributed by atoms with Crippen LogP contribution in [0.2, 0.25) is 0 Å². The van der Waals surface area contributed by atoms with Crippen molar-refractivity contribution in [3.8, 4) is 5.75 Å². The highest BCUT2D eigenvalue weighted by atomic mass is 16.6. The molecule has 3 amide bonds. The normalized spacial score (nSPS) is 12.7. The fourth-order valence-electron chi connectivity index (χ4n) is 4.26. The predicted molar refractivity (Wildman–Crippen MR) is 152 cm³/mol. The second-order valence-electron chi connectivity index (χ2n) is 10.7. The molecule has 2 atom stereocenters. The van der Waals surface area contributed by atoms with Gasteiger partial charge in [0, 0.05) is 12.2 Å². The Morgan fingerprint density at radius 2 is 1.62 bits per heavy atom. The van der Waals surface area contributed by atoms with E-state index in [2.05, 4.69) is 10.6 Å². The Hall–Kier alpha value is -3.59. The first kappa shape index (κ1) is 31.6. The smallest absolute Gasteiger partial charge is 0.408 e. The SMILES string of the molecule is CCCCCN(C(=O)C(CO)NC(=O)OC(C)(C)C)C(C(=O)Nc1ccc(OC)cc1)c1cc(C)cc(C)c1. The molecule has 214 valence electrons. The van der Waals surface area contributed by atoms with Gasteiger partial charge >= 0.3 is 6.09 Å². The summed E-state index contributed by atoms with van der Waals surface area (Å²) >= 11 is 0. The van der Waals surface area contributed by atoms with Gasteiger partial charge in [0.1, 0.15) is 23.4 Å². The van der Waals surface area contributed by atoms with Gasteiger partial charge in [-0.05, 0) is 70.9 Å². The lowest BCUT2D eigenvalue weighted by Gasteiger charge is -2.34. The minimum Gasteiger partial charge on any atom is -0.497 e. The zero-order valence-corrected chi connectivity index (χ0v) is 24.2. The molecule has 9 heteroatoms. The van der Waals surface area contributed by atoms with Crippen molar-refractivity contribution >= 4 is 23.6 Å². The summed E-state index contributed by atoms with van der Waals surface area (Å²) in [4.78, 5) is 41.7. The van der Waals surface area contributed by atoms with Crippen molar-refractivity contribution in [2.75, 3.05) is 25.6 Å². The van der Waals surface area contributed by atoms with Gasteiger partial charge in [-0.1, -0.05) is 49.1 Å². The number of aryl methyl sites for hydroxylation is 2. The number of hydrogen-bond acceptors (Lipinski definition) is 6. The number of carbonyl (C=O) groups excluding carboxylic acids is 3. The quantitative estimate of drug-likeness (QED) is 0.329. The average molecular weight is 542 g/mol. The summed E-state index contributed by atoms with van der Waals surface area (Å²) < 4.78 is 10.5. The summed E-state index contributed by atoms with van der Waals surface area (Å²) in [6, 6.07) is 10.4. The van der Waals surface area contributed by atoms with E-state index in [1.165, 1.54) is 4.90 Å². The van der Waals surface area contributed by atoms with E-state index in [-0.39, 0.29) is 6.54 Å². The van der Waals surface area contributed by atoms with Crippen molar-refractivity contribution in [1.82, 2.24) is 10.2 Å². The number of aliphatic hydroxyl groups is 1. The van der Waals surface area contributed by atoms with Crippen LogP contribution < -0.4 is 15.4 Å². The van der Waals surface area contributed by atoms with E-state index < -0.39 is 42.2 Å². The van der Waals surface area contributed by atoms with E-state index in [4.69, 9.17) is 9.47 Å². The molecule has 0 heterocycles. The van der Waals surface area contributed by atoms with E-state index >= 15 is 0 Å². The van der Waals surface area contributed by atoms with Crippen LogP contribution in [-0.2, 0) is 14.3 Å². The Morgan fingerprint density at radius 3 is 2.13 bits per heavy atom. The lowest BCUT2D eigenvalue weighted by atomic mass is 9.98. The van der Waals surface area contributed by atoms with Crippen LogP contribution in [0, 0.1) is 13.8 Å². The number of aliphatic hydroxyl groups excluding tert-OH is 1. The number of carbonyl (C=O) groups is 3. The molecule has 2 rings (SSSR count). The highest BCUT2D eigenvalue weighted by Crippen LogP contribution is 2.27. The van der Waals surface area contributed by atoms with Crippen molar-refractivity contribution in [2.24, 2.45) is 0 Å². The van der Waals surface area contributed by atoms with Gasteiger partial charge in [-0.3, -0.25) is 9.59 Å². The van der Waals surface area contributed by atoms with E-state index in [1.807, 2.05) is 39.0 Å². The van der Waals surface area contributed by atoms with Crippen LogP contribution in [-0.4, -0.2) is 59.8 Å². The maximum Gasteiger partial charge on any atom is 0.408 e. The van der Waals surface area contributed by atoms with Crippen molar-refractivity contribution in [1.29, 1.82) is 0 Å². The number of amides is 3. The summed E-state index contributed by atoms with van der Waals surface area (Å²) in [5.74, 6) is -0.341. The van der Waals surface area contributed by atoms with Crippen LogP contribution in [0.25, 0.3) is 0 Å². The molecular formula is C30H43N3O6. The van der Waals surface area contributed by atoms with Gasteiger partial charge in [0.15, 0.2) is 0 Å². The molecule has 9 nitrogen and oxygen atoms in total. The van der Waals surface area contributed by atoms with Gasteiger partial charge < -0.3 is 30.1 Å². The molecule has 0 saturated carbocycles. The van der Waals surface area contributed by atoms with E-state index in [1.54, 1.807) is 52.1 Å². The minimum atomic E-state index is -1.29. The summed E-state index contributed by atoms with van der Waals surface area (Å²) in [5, 5.41) is 15.5. The maximum absolute atomic E-state index is 13.9. The third-order valence-corrected chi connectivity index (χ3v) is 5.93. The number of hydrogen-bond donors (Lipinski definition) is 3. The lowest BCUT2D eigenvalue weighted by molar-refractivity contribution is -0.141. The number of ether oxygens (including phenoxy) is 2. The fraction of sp³-hybridized carbons (Fsp3) is 0.500. The molecule has 0 saturated heterocycles. The summed E-state index contributed by atoms with van der Waals surface area (Å²) in [5.41, 5.74) is 2.28. The van der Waals surface area contributed by atoms with Gasteiger partial charge in [-0.25, -0.2) is 4.79 Å². The number of nitrogens with one attached hydrogen (secondary N) is 2. The molecule has 2 aromatic carbocycles. The molecular weight excluding hydrogens is 498 g/mol. The van der Waals surface area contributed by atoms with Gasteiger partial charge in [-0.15, -0.1) is 0 Å². The molecule has 0 aliphatic rings. The molecule has 0 aromatic heterocycles. The Labute approximate surface area is 231 Å². The Kier molecular flexibility index (Phi) is 11.8. The predicted octanol–water partition coefficient (Wildman–Crippen LogP) is 4.90. The molecule has 0 radical (unpaired) electrons. The molecule has 0 fully saturated rings. The fourth-order valence-corrected chi connectivity index (χ4v) is 4.26. The molecule has 0 spiro atoms. The molecule has 2 aromatic rings. The van der Waals surface area contributed by atoms with Crippen molar-refractivity contribution in [3.05, 3.63) is 59.2 Å². The molecule has 0 aliphatic heterocycles. The van der Waals surface area contributed by atoms with Crippen LogP contribution in [0.15, 0.2) is 42.5 Å². The molecule has 0 bridgehead atoms. The van der Waals surface area contributed by atoms with Crippen LogP contribution in [0.4, 0.5) is 10.5 Å². The highest BCUT2D eigenvalue weighted by molar-refractivity contribution is 5.99. The third kappa shape index (κ3) is 9.90. The van der Waals surface area contributed by atoms with Crippen molar-refractivity contribution in [3.63, 3.8) is 0 Å². The second-order valence-corrected chi connectivity index (χ2v) is 10.7. The topological polar surface area (TPSA) is 117 Å². The van der Waals surface area contributed by atoms with Crippen LogP contribution in [0.1, 0.15) is 69.7 Å². The first-order valence-electron chi connectivity index (χ1n) is 13.3. The second kappa shape index (κ2) is 14.5. The Bertz CT molecular complexity index is 1090. The zero-order valence-electron chi connectivity index (χ0n) is 24.2. The van der Waals surface area contributed by atoms with Crippen LogP contribution in [0.5, 0.6) is 5.75 Å². The minimum absolute atomic E-state index is 0.257. The van der Waals surface area contributed by atoms with Crippen molar-refractivity contribution in [2.45, 2.75) is 78.5 Å². The number of unbranched alkanes of at least 4 members (excludes halogenated alkanes) is 2. The zero-order chi connectivity index (χ0) is 29.2. The van der Waals surface area contributed by atoms with Crippen LogP contribution in [0.3, 0.4) is 0 Å². The first-order chi connectivity index (χ1) is 18.4. The number of alkyl carbamates (subject to hydrolysis) is 1. The maximum atomic E-state index is 13.9. The number of nitrogens with zero attached hydrogens (tertiary/aromatic N) is 1. The lowest BCUT2D eigenvalue weighted by Crippen LogP contribution is -2.54. The number of anilines is 1. The molecule has 3 N–H and O–H groups in total. The molecule has 2 unspecified atom stereocenters. The van der Waals surface area contributed by atoms with E-state index in [9.17, 15) is 19.5 Å².